The van der Waals surface area contributed by atoms with E-state index in [4.69, 9.17) is 9.47 Å². The molecule has 2 fully saturated rings. The van der Waals surface area contributed by atoms with Gasteiger partial charge >= 0.3 is 0 Å². The quantitative estimate of drug-likeness (QED) is 0.312. The summed E-state index contributed by atoms with van der Waals surface area (Å²) < 4.78 is 38.2. The fraction of sp³-hybridized carbons (Fsp3) is 0.385. The van der Waals surface area contributed by atoms with Gasteiger partial charge in [0.25, 0.3) is 11.7 Å². The van der Waals surface area contributed by atoms with Gasteiger partial charge in [-0.2, -0.15) is 4.31 Å². The van der Waals surface area contributed by atoms with E-state index in [0.29, 0.717) is 31.1 Å². The van der Waals surface area contributed by atoms with Crippen molar-refractivity contribution < 1.29 is 32.6 Å². The van der Waals surface area contributed by atoms with Crippen molar-refractivity contribution in [2.45, 2.75) is 10.9 Å². The fourth-order valence-electron chi connectivity index (χ4n) is 4.45. The minimum Gasteiger partial charge on any atom is -0.507 e. The minimum absolute atomic E-state index is 0.0127. The van der Waals surface area contributed by atoms with Crippen LogP contribution < -0.4 is 4.74 Å². The van der Waals surface area contributed by atoms with Crippen LogP contribution in [-0.2, 0) is 24.3 Å². The average molecular weight is 530 g/mol. The number of aliphatic hydroxyl groups excluding tert-OH is 1. The number of amides is 1. The molecule has 0 aromatic heterocycles. The molecule has 0 saturated carbocycles. The van der Waals surface area contributed by atoms with Gasteiger partial charge in [0.05, 0.1) is 36.8 Å². The molecule has 2 aromatic rings. The van der Waals surface area contributed by atoms with Crippen LogP contribution in [0.3, 0.4) is 0 Å². The molecule has 37 heavy (non-hydrogen) atoms. The highest BCUT2D eigenvalue weighted by atomic mass is 32.2. The molecule has 2 saturated heterocycles. The highest BCUT2D eigenvalue weighted by Crippen LogP contribution is 2.40. The Morgan fingerprint density at radius 3 is 2.41 bits per heavy atom. The summed E-state index contributed by atoms with van der Waals surface area (Å²) >= 11 is 0. The Labute approximate surface area is 216 Å². The van der Waals surface area contributed by atoms with Crippen LogP contribution in [0.15, 0.2) is 59.0 Å². The van der Waals surface area contributed by atoms with Gasteiger partial charge in [-0.15, -0.1) is 0 Å². The summed E-state index contributed by atoms with van der Waals surface area (Å²) in [6.07, 6.45) is 0. The second-order valence-corrected chi connectivity index (χ2v) is 11.1. The van der Waals surface area contributed by atoms with E-state index in [2.05, 4.69) is 0 Å². The molecule has 1 N–H and O–H groups in total. The summed E-state index contributed by atoms with van der Waals surface area (Å²) in [5, 5.41) is 11.4. The number of hydrogen-bond acceptors (Lipinski definition) is 8. The monoisotopic (exact) mass is 529 g/mol. The molecule has 198 valence electrons. The van der Waals surface area contributed by atoms with Crippen LogP contribution in [0.4, 0.5) is 0 Å². The number of Topliss-reactive ketones (excluding diaryl/α,β-unsaturated/α-hetero) is 1. The van der Waals surface area contributed by atoms with E-state index < -0.39 is 33.5 Å². The third-order valence-electron chi connectivity index (χ3n) is 6.47. The van der Waals surface area contributed by atoms with Crippen LogP contribution in [0.25, 0.3) is 5.76 Å². The number of carbonyl (C=O) groups excluding carboxylic acids is 2. The van der Waals surface area contributed by atoms with Crippen molar-refractivity contribution in [2.24, 2.45) is 0 Å². The first kappa shape index (κ1) is 26.8. The van der Waals surface area contributed by atoms with Crippen LogP contribution in [0.2, 0.25) is 0 Å². The number of morpholine rings is 1. The lowest BCUT2D eigenvalue weighted by Gasteiger charge is -2.27. The Kier molecular flexibility index (Phi) is 7.98. The molecule has 1 amide bonds. The zero-order chi connectivity index (χ0) is 26.7. The van der Waals surface area contributed by atoms with Crippen molar-refractivity contribution in [1.29, 1.82) is 0 Å². The summed E-state index contributed by atoms with van der Waals surface area (Å²) in [6, 6.07) is 11.9. The van der Waals surface area contributed by atoms with Crippen molar-refractivity contribution in [1.82, 2.24) is 14.1 Å². The Bertz CT molecular complexity index is 1300. The topological polar surface area (TPSA) is 117 Å². The standard InChI is InChI=1S/C26H31N3O7S/c1-27(2)11-12-29-23(18-7-9-20(35-3)10-8-18)22(25(31)26(29)32)24(30)19-5-4-6-21(17-19)37(33,34)28-13-15-36-16-14-28/h4-10,17,23,30H,11-16H2,1-3H3. The molecule has 2 aliphatic heterocycles. The summed E-state index contributed by atoms with van der Waals surface area (Å²) in [4.78, 5) is 29.6. The largest absolute Gasteiger partial charge is 0.507 e. The molecule has 0 spiro atoms. The molecular formula is C26H31N3O7S. The maximum absolute atomic E-state index is 13.2. The normalized spacial score (nSPS) is 20.5. The Hall–Kier alpha value is -3.25. The number of ether oxygens (including phenoxy) is 2. The number of benzene rings is 2. The minimum atomic E-state index is -3.83. The molecule has 2 heterocycles. The van der Waals surface area contributed by atoms with E-state index in [9.17, 15) is 23.1 Å². The molecule has 0 radical (unpaired) electrons. The second-order valence-electron chi connectivity index (χ2n) is 9.11. The number of likely N-dealkylation sites (N-methyl/N-ethyl adjacent to an activating group) is 1. The van der Waals surface area contributed by atoms with Crippen LogP contribution >= 0.6 is 0 Å². The molecule has 1 atom stereocenters. The third-order valence-corrected chi connectivity index (χ3v) is 8.37. The molecular weight excluding hydrogens is 498 g/mol. The van der Waals surface area contributed by atoms with Crippen molar-refractivity contribution in [3.05, 3.63) is 65.2 Å². The second kappa shape index (κ2) is 11.0. The predicted octanol–water partition coefficient (Wildman–Crippen LogP) is 1.70. The number of sulfonamides is 1. The van der Waals surface area contributed by atoms with Gasteiger partial charge in [-0.1, -0.05) is 24.3 Å². The summed E-state index contributed by atoms with van der Waals surface area (Å²) in [5.41, 5.74) is 0.672. The smallest absolute Gasteiger partial charge is 0.295 e. The molecule has 0 bridgehead atoms. The lowest BCUT2D eigenvalue weighted by molar-refractivity contribution is -0.140. The Morgan fingerprint density at radius 1 is 1.11 bits per heavy atom. The van der Waals surface area contributed by atoms with Gasteiger partial charge in [-0.25, -0.2) is 8.42 Å². The number of carbonyl (C=O) groups is 2. The Morgan fingerprint density at radius 2 is 1.78 bits per heavy atom. The van der Waals surface area contributed by atoms with Crippen LogP contribution in [0.1, 0.15) is 17.2 Å². The van der Waals surface area contributed by atoms with Gasteiger partial charge in [-0.05, 0) is 43.9 Å². The summed E-state index contributed by atoms with van der Waals surface area (Å²) in [7, 11) is 1.43. The summed E-state index contributed by atoms with van der Waals surface area (Å²) in [5.74, 6) is -1.36. The highest BCUT2D eigenvalue weighted by Gasteiger charge is 2.46. The van der Waals surface area contributed by atoms with Crippen molar-refractivity contribution >= 4 is 27.5 Å². The zero-order valence-electron chi connectivity index (χ0n) is 21.1. The number of nitrogens with zero attached hydrogens (tertiary/aromatic N) is 3. The van der Waals surface area contributed by atoms with Crippen LogP contribution in [-0.4, -0.2) is 99.9 Å². The maximum atomic E-state index is 13.2. The van der Waals surface area contributed by atoms with Gasteiger partial charge in [0.15, 0.2) is 0 Å². The van der Waals surface area contributed by atoms with Gasteiger partial charge in [-0.3, -0.25) is 9.59 Å². The highest BCUT2D eigenvalue weighted by molar-refractivity contribution is 7.89. The SMILES string of the molecule is COc1ccc(C2C(=C(O)c3cccc(S(=O)(=O)N4CCOCC4)c3)C(=O)C(=O)N2CCN(C)C)cc1. The maximum Gasteiger partial charge on any atom is 0.295 e. The van der Waals surface area contributed by atoms with E-state index in [1.165, 1.54) is 40.6 Å². The van der Waals surface area contributed by atoms with E-state index >= 15 is 0 Å². The van der Waals surface area contributed by atoms with Gasteiger partial charge in [0.1, 0.15) is 11.5 Å². The first-order chi connectivity index (χ1) is 17.6. The van der Waals surface area contributed by atoms with Crippen molar-refractivity contribution in [3.63, 3.8) is 0 Å². The van der Waals surface area contributed by atoms with E-state index in [-0.39, 0.29) is 35.7 Å². The first-order valence-electron chi connectivity index (χ1n) is 11.9. The number of aliphatic hydroxyl groups is 1. The summed E-state index contributed by atoms with van der Waals surface area (Å²) in [6.45, 7) is 1.83. The molecule has 4 rings (SSSR count). The molecule has 1 unspecified atom stereocenters. The fourth-order valence-corrected chi connectivity index (χ4v) is 5.90. The molecule has 2 aliphatic rings. The predicted molar refractivity (Wildman–Crippen MR) is 137 cm³/mol. The van der Waals surface area contributed by atoms with Crippen molar-refractivity contribution in [2.75, 3.05) is 60.6 Å². The first-order valence-corrected chi connectivity index (χ1v) is 13.3. The number of methoxy groups -OCH3 is 1. The van der Waals surface area contributed by atoms with Crippen molar-refractivity contribution in [3.8, 4) is 5.75 Å². The molecule has 11 heteroatoms. The number of rotatable bonds is 8. The lowest BCUT2D eigenvalue weighted by Crippen LogP contribution is -2.40. The van der Waals surface area contributed by atoms with E-state index in [1.807, 2.05) is 19.0 Å². The molecule has 10 nitrogen and oxygen atoms in total. The molecule has 2 aromatic carbocycles. The molecule has 0 aliphatic carbocycles. The third kappa shape index (κ3) is 5.40. The van der Waals surface area contributed by atoms with Crippen LogP contribution in [0, 0.1) is 0 Å². The lowest BCUT2D eigenvalue weighted by atomic mass is 9.95. The van der Waals surface area contributed by atoms with E-state index in [0.717, 1.165) is 0 Å². The van der Waals surface area contributed by atoms with Gasteiger partial charge < -0.3 is 24.4 Å². The number of likely N-dealkylation sites (tertiary alicyclic amines) is 1. The van der Waals surface area contributed by atoms with Crippen LogP contribution in [0.5, 0.6) is 5.75 Å². The van der Waals surface area contributed by atoms with E-state index in [1.54, 1.807) is 24.3 Å². The zero-order valence-corrected chi connectivity index (χ0v) is 21.9. The Balaban J connectivity index is 1.79. The number of hydrogen-bond donors (Lipinski definition) is 1. The average Bonchev–Trinajstić information content (AvgIpc) is 3.17. The number of ketones is 1. The van der Waals surface area contributed by atoms with Gasteiger partial charge in [0.2, 0.25) is 10.0 Å². The van der Waals surface area contributed by atoms with Gasteiger partial charge in [0, 0.05) is 31.7 Å².